The zero-order chi connectivity index (χ0) is 13.9. The van der Waals surface area contributed by atoms with E-state index in [1.165, 1.54) is 19.3 Å². The van der Waals surface area contributed by atoms with Crippen molar-refractivity contribution in [3.8, 4) is 0 Å². The Balaban J connectivity index is 1.90. The zero-order valence-corrected chi connectivity index (χ0v) is 11.9. The lowest BCUT2D eigenvalue weighted by atomic mass is 9.92. The lowest BCUT2D eigenvalue weighted by Crippen LogP contribution is -2.24. The smallest absolute Gasteiger partial charge is 0.318 e. The fourth-order valence-electron chi connectivity index (χ4n) is 2.64. The average Bonchev–Trinajstić information content (AvgIpc) is 2.71. The lowest BCUT2D eigenvalue weighted by molar-refractivity contribution is 0.254. The number of carbonyl (C=O) groups is 1. The maximum Gasteiger partial charge on any atom is 0.318 e. The van der Waals surface area contributed by atoms with E-state index in [0.717, 1.165) is 11.4 Å². The molecule has 1 saturated carbocycles. The minimum absolute atomic E-state index is 0.196. The molecule has 0 saturated heterocycles. The van der Waals surface area contributed by atoms with Crippen LogP contribution >= 0.6 is 0 Å². The quantitative estimate of drug-likeness (QED) is 0.780. The summed E-state index contributed by atoms with van der Waals surface area (Å²) in [7, 11) is 1.60. The van der Waals surface area contributed by atoms with E-state index >= 15 is 0 Å². The highest BCUT2D eigenvalue weighted by Crippen LogP contribution is 2.38. The fourth-order valence-corrected chi connectivity index (χ4v) is 2.64. The van der Waals surface area contributed by atoms with Gasteiger partial charge in [0.25, 0.3) is 0 Å². The summed E-state index contributed by atoms with van der Waals surface area (Å²) in [5, 5.41) is 8.84. The number of nitrogens with one attached hydrogen (secondary N) is 3. The molecule has 1 aromatic rings. The molecule has 4 heteroatoms. The molecule has 0 spiro atoms. The Labute approximate surface area is 115 Å². The molecule has 1 atom stereocenters. The van der Waals surface area contributed by atoms with Crippen LogP contribution in [0.5, 0.6) is 0 Å². The van der Waals surface area contributed by atoms with Crippen molar-refractivity contribution in [3.63, 3.8) is 0 Å². The lowest BCUT2D eigenvalue weighted by Gasteiger charge is -2.18. The molecule has 0 bridgehead atoms. The minimum atomic E-state index is -0.196. The summed E-state index contributed by atoms with van der Waals surface area (Å²) in [4.78, 5) is 11.2. The first kappa shape index (κ1) is 13.7. The standard InChI is InChI=1S/C15H23N3O/c1-15(2)9-8-13(10-15)17-11-4-6-12(7-5-11)18-14(19)16-3/h4-7,13,17H,8-10H2,1-3H3,(H2,16,18,19). The van der Waals surface area contributed by atoms with E-state index in [2.05, 4.69) is 29.8 Å². The average molecular weight is 261 g/mol. The zero-order valence-electron chi connectivity index (χ0n) is 11.9. The van der Waals surface area contributed by atoms with Crippen LogP contribution in [-0.4, -0.2) is 19.1 Å². The number of anilines is 2. The van der Waals surface area contributed by atoms with Crippen molar-refractivity contribution >= 4 is 17.4 Å². The van der Waals surface area contributed by atoms with Crippen LogP contribution < -0.4 is 16.0 Å². The van der Waals surface area contributed by atoms with Gasteiger partial charge < -0.3 is 16.0 Å². The van der Waals surface area contributed by atoms with Crippen molar-refractivity contribution in [3.05, 3.63) is 24.3 Å². The van der Waals surface area contributed by atoms with Gasteiger partial charge in [0.05, 0.1) is 0 Å². The van der Waals surface area contributed by atoms with Crippen molar-refractivity contribution < 1.29 is 4.79 Å². The van der Waals surface area contributed by atoms with Crippen molar-refractivity contribution in [2.24, 2.45) is 5.41 Å². The van der Waals surface area contributed by atoms with E-state index in [1.54, 1.807) is 7.05 Å². The highest BCUT2D eigenvalue weighted by molar-refractivity contribution is 5.89. The molecule has 1 fully saturated rings. The molecule has 0 aromatic heterocycles. The number of urea groups is 1. The number of carbonyl (C=O) groups excluding carboxylic acids is 1. The van der Waals surface area contributed by atoms with Crippen molar-refractivity contribution in [1.82, 2.24) is 5.32 Å². The maximum absolute atomic E-state index is 11.2. The molecular weight excluding hydrogens is 238 g/mol. The van der Waals surface area contributed by atoms with Crippen LogP contribution in [0, 0.1) is 5.41 Å². The summed E-state index contributed by atoms with van der Waals surface area (Å²) in [6, 6.07) is 8.22. The first-order valence-corrected chi connectivity index (χ1v) is 6.84. The highest BCUT2D eigenvalue weighted by Gasteiger charge is 2.30. The Morgan fingerprint density at radius 2 is 1.84 bits per heavy atom. The molecule has 19 heavy (non-hydrogen) atoms. The van der Waals surface area contributed by atoms with Gasteiger partial charge in [-0.1, -0.05) is 13.8 Å². The topological polar surface area (TPSA) is 53.2 Å². The molecule has 1 unspecified atom stereocenters. The SMILES string of the molecule is CNC(=O)Nc1ccc(NC2CCC(C)(C)C2)cc1. The Hall–Kier alpha value is -1.71. The molecule has 0 radical (unpaired) electrons. The Morgan fingerprint density at radius 1 is 1.21 bits per heavy atom. The normalized spacial score (nSPS) is 20.9. The van der Waals surface area contributed by atoms with Gasteiger partial charge in [0, 0.05) is 24.5 Å². The van der Waals surface area contributed by atoms with Crippen molar-refractivity contribution in [2.75, 3.05) is 17.7 Å². The van der Waals surface area contributed by atoms with Crippen LogP contribution in [0.25, 0.3) is 0 Å². The largest absolute Gasteiger partial charge is 0.382 e. The maximum atomic E-state index is 11.2. The second kappa shape index (κ2) is 5.51. The third-order valence-corrected chi connectivity index (χ3v) is 3.71. The van der Waals surface area contributed by atoms with Crippen LogP contribution in [0.3, 0.4) is 0 Å². The van der Waals surface area contributed by atoms with Crippen LogP contribution in [0.1, 0.15) is 33.1 Å². The molecule has 0 heterocycles. The molecule has 0 aliphatic heterocycles. The summed E-state index contributed by atoms with van der Waals surface area (Å²) >= 11 is 0. The number of hydrogen-bond acceptors (Lipinski definition) is 2. The van der Waals surface area contributed by atoms with Gasteiger partial charge >= 0.3 is 6.03 Å². The fraction of sp³-hybridized carbons (Fsp3) is 0.533. The monoisotopic (exact) mass is 261 g/mol. The van der Waals surface area contributed by atoms with E-state index in [-0.39, 0.29) is 6.03 Å². The van der Waals surface area contributed by atoms with Gasteiger partial charge in [0.2, 0.25) is 0 Å². The molecule has 1 aliphatic carbocycles. The minimum Gasteiger partial charge on any atom is -0.382 e. The first-order chi connectivity index (χ1) is 8.98. The first-order valence-electron chi connectivity index (χ1n) is 6.84. The molecule has 1 aromatic carbocycles. The number of rotatable bonds is 3. The van der Waals surface area contributed by atoms with Crippen LogP contribution in [-0.2, 0) is 0 Å². The molecule has 2 amide bonds. The predicted octanol–water partition coefficient (Wildman–Crippen LogP) is 3.43. The Bertz CT molecular complexity index is 439. The van der Waals surface area contributed by atoms with E-state index in [9.17, 15) is 4.79 Å². The van der Waals surface area contributed by atoms with Crippen molar-refractivity contribution in [2.45, 2.75) is 39.2 Å². The third kappa shape index (κ3) is 3.88. The van der Waals surface area contributed by atoms with Crippen molar-refractivity contribution in [1.29, 1.82) is 0 Å². The molecule has 4 nitrogen and oxygen atoms in total. The molecule has 1 aliphatic rings. The van der Waals surface area contributed by atoms with Gasteiger partial charge in [-0.05, 0) is 48.9 Å². The summed E-state index contributed by atoms with van der Waals surface area (Å²) in [6.07, 6.45) is 3.72. The van der Waals surface area contributed by atoms with Crippen LogP contribution in [0.4, 0.5) is 16.2 Å². The summed E-state index contributed by atoms with van der Waals surface area (Å²) < 4.78 is 0. The molecule has 104 valence electrons. The van der Waals surface area contributed by atoms with E-state index in [4.69, 9.17) is 0 Å². The molecule has 3 N–H and O–H groups in total. The number of amides is 2. The van der Waals surface area contributed by atoms with Gasteiger partial charge in [0.1, 0.15) is 0 Å². The summed E-state index contributed by atoms with van der Waals surface area (Å²) in [5.41, 5.74) is 2.38. The predicted molar refractivity (Wildman–Crippen MR) is 79.6 cm³/mol. The van der Waals surface area contributed by atoms with E-state index in [0.29, 0.717) is 11.5 Å². The number of benzene rings is 1. The van der Waals surface area contributed by atoms with Gasteiger partial charge in [-0.15, -0.1) is 0 Å². The van der Waals surface area contributed by atoms with Gasteiger partial charge in [-0.3, -0.25) is 0 Å². The molecule has 2 rings (SSSR count). The van der Waals surface area contributed by atoms with Gasteiger partial charge in [-0.2, -0.15) is 0 Å². The van der Waals surface area contributed by atoms with Crippen LogP contribution in [0.2, 0.25) is 0 Å². The Kier molecular flexibility index (Phi) is 3.98. The Morgan fingerprint density at radius 3 is 2.37 bits per heavy atom. The van der Waals surface area contributed by atoms with Crippen LogP contribution in [0.15, 0.2) is 24.3 Å². The third-order valence-electron chi connectivity index (χ3n) is 3.71. The summed E-state index contributed by atoms with van der Waals surface area (Å²) in [6.45, 7) is 4.65. The highest BCUT2D eigenvalue weighted by atomic mass is 16.2. The van der Waals surface area contributed by atoms with E-state index < -0.39 is 0 Å². The second-order valence-corrected chi connectivity index (χ2v) is 6.03. The second-order valence-electron chi connectivity index (χ2n) is 6.03. The van der Waals surface area contributed by atoms with Gasteiger partial charge in [-0.25, -0.2) is 4.79 Å². The molecular formula is C15H23N3O. The number of hydrogen-bond donors (Lipinski definition) is 3. The van der Waals surface area contributed by atoms with Gasteiger partial charge in [0.15, 0.2) is 0 Å². The summed E-state index contributed by atoms with van der Waals surface area (Å²) in [5.74, 6) is 0. The van der Waals surface area contributed by atoms with E-state index in [1.807, 2.05) is 24.3 Å².